The zero-order valence-electron chi connectivity index (χ0n) is 13.8. The second kappa shape index (κ2) is 9.82. The highest BCUT2D eigenvalue weighted by molar-refractivity contribution is 4.82. The van der Waals surface area contributed by atoms with E-state index in [-0.39, 0.29) is 6.04 Å². The lowest BCUT2D eigenvalue weighted by molar-refractivity contribution is 0.311. The molecule has 2 N–H and O–H groups in total. The average Bonchev–Trinajstić information content (AvgIpc) is 2.46. The number of allylic oxidation sites excluding steroid dienone is 2. The van der Waals surface area contributed by atoms with E-state index in [0.29, 0.717) is 18.8 Å². The molecule has 6 nitrogen and oxygen atoms in total. The minimum absolute atomic E-state index is 0.221. The molecule has 0 aromatic carbocycles. The minimum Gasteiger partial charge on any atom is -0.259 e. The van der Waals surface area contributed by atoms with Gasteiger partial charge in [-0.1, -0.05) is 25.5 Å². The van der Waals surface area contributed by atoms with Gasteiger partial charge in [-0.05, 0) is 44.4 Å². The highest BCUT2D eigenvalue weighted by Gasteiger charge is 2.20. The second-order valence-electron chi connectivity index (χ2n) is 5.85. The number of H-pyrrole nitrogens is 2. The van der Waals surface area contributed by atoms with Crippen molar-refractivity contribution >= 4 is 0 Å². The lowest BCUT2D eigenvalue weighted by Crippen LogP contribution is -2.45. The predicted octanol–water partition coefficient (Wildman–Crippen LogP) is 2.50. The Kier molecular flexibility index (Phi) is 8.08. The van der Waals surface area contributed by atoms with Gasteiger partial charge in [0, 0.05) is 6.04 Å². The van der Waals surface area contributed by atoms with Crippen LogP contribution in [0.25, 0.3) is 0 Å². The molecule has 0 spiro atoms. The molecule has 0 radical (unpaired) electrons. The number of unbranched alkanes of at least 4 members (excludes halogenated alkanes) is 1. The fourth-order valence-corrected chi connectivity index (χ4v) is 2.96. The van der Waals surface area contributed by atoms with E-state index in [9.17, 15) is 14.4 Å². The van der Waals surface area contributed by atoms with Crippen LogP contribution in [0.2, 0.25) is 0 Å². The first kappa shape index (κ1) is 18.9. The van der Waals surface area contributed by atoms with E-state index in [1.165, 1.54) is 0 Å². The van der Waals surface area contributed by atoms with Crippen molar-refractivity contribution in [1.82, 2.24) is 14.5 Å². The van der Waals surface area contributed by atoms with Gasteiger partial charge in [0.25, 0.3) is 0 Å². The van der Waals surface area contributed by atoms with Crippen molar-refractivity contribution < 1.29 is 0 Å². The van der Waals surface area contributed by atoms with E-state index >= 15 is 0 Å². The molecule has 0 bridgehead atoms. The first-order valence-corrected chi connectivity index (χ1v) is 8.20. The molecule has 6 heteroatoms. The van der Waals surface area contributed by atoms with Crippen LogP contribution in [0.5, 0.6) is 0 Å². The first-order valence-electron chi connectivity index (χ1n) is 8.20. The molecule has 1 aromatic heterocycles. The number of rotatable bonds is 11. The van der Waals surface area contributed by atoms with Gasteiger partial charge in [-0.15, -0.1) is 13.2 Å². The van der Waals surface area contributed by atoms with Crippen molar-refractivity contribution in [2.45, 2.75) is 57.9 Å². The van der Waals surface area contributed by atoms with Gasteiger partial charge < -0.3 is 0 Å². The summed E-state index contributed by atoms with van der Waals surface area (Å²) < 4.78 is 1.15. The molecule has 23 heavy (non-hydrogen) atoms. The average molecular weight is 321 g/mol. The van der Waals surface area contributed by atoms with Gasteiger partial charge in [0.1, 0.15) is 0 Å². The van der Waals surface area contributed by atoms with Crippen molar-refractivity contribution in [1.29, 1.82) is 0 Å². The van der Waals surface area contributed by atoms with E-state index in [4.69, 9.17) is 0 Å². The SMILES string of the molecule is C=CCCCC(CC=C)CC(CCC)n1c(=O)[nH]c(=O)[nH]c1=O. The van der Waals surface area contributed by atoms with E-state index in [1.54, 1.807) is 0 Å². The normalized spacial score (nSPS) is 13.4. The van der Waals surface area contributed by atoms with Crippen LogP contribution < -0.4 is 17.1 Å². The van der Waals surface area contributed by atoms with Gasteiger partial charge >= 0.3 is 17.1 Å². The summed E-state index contributed by atoms with van der Waals surface area (Å²) in [4.78, 5) is 39.5. The summed E-state index contributed by atoms with van der Waals surface area (Å²) in [6.07, 6.45) is 9.86. The summed E-state index contributed by atoms with van der Waals surface area (Å²) in [7, 11) is 0. The van der Waals surface area contributed by atoms with Crippen LogP contribution in [0.3, 0.4) is 0 Å². The number of nitrogens with one attached hydrogen (secondary N) is 2. The molecule has 0 saturated carbocycles. The molecule has 128 valence electrons. The minimum atomic E-state index is -0.764. The lowest BCUT2D eigenvalue weighted by atomic mass is 9.89. The molecule has 1 heterocycles. The van der Waals surface area contributed by atoms with Crippen LogP contribution in [0, 0.1) is 5.92 Å². The third kappa shape index (κ3) is 5.88. The Morgan fingerprint density at radius 1 is 1.09 bits per heavy atom. The van der Waals surface area contributed by atoms with Crippen molar-refractivity contribution in [2.24, 2.45) is 5.92 Å². The third-order valence-corrected chi connectivity index (χ3v) is 3.99. The standard InChI is InChI=1S/C17H27N3O3/c1-4-7-8-11-13(9-5-2)12-14(10-6-3)20-16(22)18-15(21)19-17(20)23/h4-5,13-14H,1-2,6-12H2,3H3,(H2,18,19,21,22,23). The van der Waals surface area contributed by atoms with Gasteiger partial charge in [0.05, 0.1) is 0 Å². The first-order chi connectivity index (χ1) is 11.0. The Bertz CT molecular complexity index is 634. The molecule has 2 atom stereocenters. The van der Waals surface area contributed by atoms with E-state index in [2.05, 4.69) is 23.1 Å². The summed E-state index contributed by atoms with van der Waals surface area (Å²) in [6.45, 7) is 9.54. The lowest BCUT2D eigenvalue weighted by Gasteiger charge is -2.23. The fraction of sp³-hybridized carbons (Fsp3) is 0.588. The number of nitrogens with zero attached hydrogens (tertiary/aromatic N) is 1. The van der Waals surface area contributed by atoms with Crippen molar-refractivity contribution in [3.8, 4) is 0 Å². The van der Waals surface area contributed by atoms with Crippen LogP contribution in [0.4, 0.5) is 0 Å². The molecule has 0 saturated heterocycles. The van der Waals surface area contributed by atoms with E-state index in [1.807, 2.05) is 19.1 Å². The monoisotopic (exact) mass is 321 g/mol. The largest absolute Gasteiger partial charge is 0.333 e. The van der Waals surface area contributed by atoms with Gasteiger partial charge in [0.15, 0.2) is 0 Å². The van der Waals surface area contributed by atoms with Gasteiger partial charge in [-0.2, -0.15) is 0 Å². The summed E-state index contributed by atoms with van der Waals surface area (Å²) in [5.41, 5.74) is -2.04. The van der Waals surface area contributed by atoms with Gasteiger partial charge in [0.2, 0.25) is 0 Å². The molecule has 1 aromatic rings. The maximum absolute atomic E-state index is 12.0. The van der Waals surface area contributed by atoms with Crippen molar-refractivity contribution in [3.63, 3.8) is 0 Å². The Balaban J connectivity index is 3.02. The van der Waals surface area contributed by atoms with Crippen molar-refractivity contribution in [2.75, 3.05) is 0 Å². The van der Waals surface area contributed by atoms with E-state index < -0.39 is 17.1 Å². The summed E-state index contributed by atoms with van der Waals surface area (Å²) in [5.74, 6) is 0.349. The highest BCUT2D eigenvalue weighted by Crippen LogP contribution is 2.26. The fourth-order valence-electron chi connectivity index (χ4n) is 2.96. The Morgan fingerprint density at radius 3 is 2.26 bits per heavy atom. The van der Waals surface area contributed by atoms with Crippen LogP contribution in [0.1, 0.15) is 57.9 Å². The maximum atomic E-state index is 12.0. The molecule has 0 amide bonds. The van der Waals surface area contributed by atoms with Crippen LogP contribution >= 0.6 is 0 Å². The molecule has 0 aliphatic rings. The molecular weight excluding hydrogens is 294 g/mol. The molecule has 0 fully saturated rings. The Labute approximate surface area is 136 Å². The van der Waals surface area contributed by atoms with Crippen LogP contribution in [0.15, 0.2) is 39.7 Å². The number of aromatic nitrogens is 3. The third-order valence-electron chi connectivity index (χ3n) is 3.99. The molecular formula is C17H27N3O3. The van der Waals surface area contributed by atoms with E-state index in [0.717, 1.165) is 36.7 Å². The second-order valence-corrected chi connectivity index (χ2v) is 5.85. The number of hydrogen-bond donors (Lipinski definition) is 2. The number of hydrogen-bond acceptors (Lipinski definition) is 3. The topological polar surface area (TPSA) is 87.7 Å². The van der Waals surface area contributed by atoms with Gasteiger partial charge in [-0.25, -0.2) is 19.0 Å². The zero-order valence-corrected chi connectivity index (χ0v) is 13.8. The summed E-state index contributed by atoms with van der Waals surface area (Å²) in [6, 6.07) is -0.221. The molecule has 0 aliphatic heterocycles. The van der Waals surface area contributed by atoms with Crippen LogP contribution in [-0.2, 0) is 0 Å². The maximum Gasteiger partial charge on any atom is 0.333 e. The van der Waals surface area contributed by atoms with Gasteiger partial charge in [-0.3, -0.25) is 9.97 Å². The Hall–Kier alpha value is -2.11. The van der Waals surface area contributed by atoms with Crippen LogP contribution in [-0.4, -0.2) is 14.5 Å². The molecule has 1 rings (SSSR count). The Morgan fingerprint density at radius 2 is 1.74 bits per heavy atom. The molecule has 0 aliphatic carbocycles. The number of aromatic amines is 2. The summed E-state index contributed by atoms with van der Waals surface area (Å²) >= 11 is 0. The van der Waals surface area contributed by atoms with Crippen molar-refractivity contribution in [3.05, 3.63) is 56.8 Å². The molecule has 2 unspecified atom stereocenters. The zero-order chi connectivity index (χ0) is 17.2. The smallest absolute Gasteiger partial charge is 0.259 e. The quantitative estimate of drug-likeness (QED) is 0.485. The summed E-state index contributed by atoms with van der Waals surface area (Å²) in [5, 5.41) is 0. The highest BCUT2D eigenvalue weighted by atomic mass is 16.2. The predicted molar refractivity (Wildman–Crippen MR) is 92.9 cm³/mol.